The van der Waals surface area contributed by atoms with Crippen molar-refractivity contribution < 1.29 is 4.39 Å². The maximum atomic E-state index is 13.4. The van der Waals surface area contributed by atoms with E-state index in [1.807, 2.05) is 6.21 Å². The first-order chi connectivity index (χ1) is 9.72. The lowest BCUT2D eigenvalue weighted by Gasteiger charge is -2.33. The van der Waals surface area contributed by atoms with Gasteiger partial charge in [0.05, 0.1) is 17.9 Å². The number of aliphatic imine (C=N–C) groups is 1. The summed E-state index contributed by atoms with van der Waals surface area (Å²) in [5, 5.41) is 0. The predicted octanol–water partition coefficient (Wildman–Crippen LogP) is 1.77. The van der Waals surface area contributed by atoms with Gasteiger partial charge >= 0.3 is 0 Å². The standard InChI is InChI=1S/C15H21FN4/c16-12-1-2-14-15(11-12)20(8-5-18-14)10-9-19-6-3-13(17)4-7-19/h1-2,5,11,13H,3-4,6-10,17H2. The van der Waals surface area contributed by atoms with Crippen LogP contribution in [0, 0.1) is 5.82 Å². The Morgan fingerprint density at radius 1 is 1.25 bits per heavy atom. The molecule has 0 aromatic heterocycles. The van der Waals surface area contributed by atoms with Crippen LogP contribution in [-0.4, -0.2) is 49.9 Å². The first kappa shape index (κ1) is 13.5. The Kier molecular flexibility index (Phi) is 3.98. The molecule has 0 aliphatic carbocycles. The topological polar surface area (TPSA) is 44.9 Å². The van der Waals surface area contributed by atoms with Crippen molar-refractivity contribution >= 4 is 17.6 Å². The molecule has 0 spiro atoms. The van der Waals surface area contributed by atoms with Gasteiger partial charge in [-0.25, -0.2) is 4.39 Å². The van der Waals surface area contributed by atoms with Crippen LogP contribution in [0.2, 0.25) is 0 Å². The van der Waals surface area contributed by atoms with Crippen molar-refractivity contribution in [1.29, 1.82) is 0 Å². The fraction of sp³-hybridized carbons (Fsp3) is 0.533. The van der Waals surface area contributed by atoms with Crippen molar-refractivity contribution in [2.24, 2.45) is 10.7 Å². The second-order valence-electron chi connectivity index (χ2n) is 5.57. The smallest absolute Gasteiger partial charge is 0.125 e. The molecular formula is C15H21FN4. The monoisotopic (exact) mass is 276 g/mol. The molecule has 20 heavy (non-hydrogen) atoms. The molecule has 4 nitrogen and oxygen atoms in total. The van der Waals surface area contributed by atoms with E-state index in [-0.39, 0.29) is 5.82 Å². The minimum Gasteiger partial charge on any atom is -0.363 e. The van der Waals surface area contributed by atoms with Crippen LogP contribution in [0.3, 0.4) is 0 Å². The molecule has 0 radical (unpaired) electrons. The largest absolute Gasteiger partial charge is 0.363 e. The number of likely N-dealkylation sites (tertiary alicyclic amines) is 1. The average Bonchev–Trinajstić information content (AvgIpc) is 2.47. The van der Waals surface area contributed by atoms with Gasteiger partial charge in [-0.2, -0.15) is 0 Å². The van der Waals surface area contributed by atoms with E-state index in [4.69, 9.17) is 5.73 Å². The lowest BCUT2D eigenvalue weighted by molar-refractivity contribution is 0.217. The van der Waals surface area contributed by atoms with Gasteiger partial charge in [0.25, 0.3) is 0 Å². The summed E-state index contributed by atoms with van der Waals surface area (Å²) in [6.07, 6.45) is 4.05. The number of anilines is 1. The third kappa shape index (κ3) is 2.99. The third-order valence-electron chi connectivity index (χ3n) is 4.13. The highest BCUT2D eigenvalue weighted by Crippen LogP contribution is 2.31. The van der Waals surface area contributed by atoms with E-state index in [0.717, 1.165) is 56.9 Å². The molecular weight excluding hydrogens is 255 g/mol. The molecule has 0 saturated carbocycles. The summed E-state index contributed by atoms with van der Waals surface area (Å²) >= 11 is 0. The summed E-state index contributed by atoms with van der Waals surface area (Å²) in [7, 11) is 0. The molecule has 0 unspecified atom stereocenters. The molecule has 1 aromatic rings. The summed E-state index contributed by atoms with van der Waals surface area (Å²) in [6, 6.07) is 5.15. The summed E-state index contributed by atoms with van der Waals surface area (Å²) in [4.78, 5) is 8.96. The number of nitrogens with two attached hydrogens (primary N) is 1. The van der Waals surface area contributed by atoms with Crippen molar-refractivity contribution in [1.82, 2.24) is 4.90 Å². The minimum atomic E-state index is -0.199. The quantitative estimate of drug-likeness (QED) is 0.915. The lowest BCUT2D eigenvalue weighted by Crippen LogP contribution is -2.43. The molecule has 2 aliphatic heterocycles. The van der Waals surface area contributed by atoms with E-state index in [1.54, 1.807) is 12.1 Å². The molecule has 0 atom stereocenters. The molecule has 5 heteroatoms. The maximum absolute atomic E-state index is 13.4. The van der Waals surface area contributed by atoms with Gasteiger partial charge in [0.2, 0.25) is 0 Å². The Hall–Kier alpha value is -1.46. The number of fused-ring (bicyclic) bond motifs is 1. The number of nitrogens with zero attached hydrogens (tertiary/aromatic N) is 3. The van der Waals surface area contributed by atoms with Gasteiger partial charge in [0.1, 0.15) is 5.82 Å². The van der Waals surface area contributed by atoms with E-state index in [0.29, 0.717) is 6.04 Å². The number of piperidine rings is 1. The molecule has 1 fully saturated rings. The lowest BCUT2D eigenvalue weighted by atomic mass is 10.1. The van der Waals surface area contributed by atoms with Gasteiger partial charge < -0.3 is 15.5 Å². The van der Waals surface area contributed by atoms with Gasteiger partial charge in [0.15, 0.2) is 0 Å². The fourth-order valence-electron chi connectivity index (χ4n) is 2.85. The van der Waals surface area contributed by atoms with Gasteiger partial charge in [-0.05, 0) is 44.1 Å². The van der Waals surface area contributed by atoms with E-state index in [2.05, 4.69) is 14.8 Å². The second kappa shape index (κ2) is 5.89. The van der Waals surface area contributed by atoms with Gasteiger partial charge in [0, 0.05) is 25.3 Å². The first-order valence-corrected chi connectivity index (χ1v) is 7.27. The van der Waals surface area contributed by atoms with Crippen LogP contribution in [0.1, 0.15) is 12.8 Å². The number of halogens is 1. The molecule has 2 aliphatic rings. The van der Waals surface area contributed by atoms with E-state index >= 15 is 0 Å². The first-order valence-electron chi connectivity index (χ1n) is 7.27. The molecule has 0 amide bonds. The van der Waals surface area contributed by atoms with Crippen LogP contribution in [0.25, 0.3) is 0 Å². The zero-order chi connectivity index (χ0) is 13.9. The molecule has 1 saturated heterocycles. The van der Waals surface area contributed by atoms with Gasteiger partial charge in [-0.1, -0.05) is 0 Å². The Bertz CT molecular complexity index is 495. The molecule has 1 aromatic carbocycles. The van der Waals surface area contributed by atoms with Gasteiger partial charge in [-0.3, -0.25) is 4.99 Å². The van der Waals surface area contributed by atoms with Gasteiger partial charge in [-0.15, -0.1) is 0 Å². The minimum absolute atomic E-state index is 0.199. The molecule has 2 N–H and O–H groups in total. The highest BCUT2D eigenvalue weighted by Gasteiger charge is 2.19. The van der Waals surface area contributed by atoms with Crippen LogP contribution in [0.4, 0.5) is 15.8 Å². The highest BCUT2D eigenvalue weighted by molar-refractivity contribution is 5.81. The molecule has 108 valence electrons. The van der Waals surface area contributed by atoms with Crippen LogP contribution >= 0.6 is 0 Å². The Morgan fingerprint density at radius 3 is 2.85 bits per heavy atom. The van der Waals surface area contributed by atoms with Crippen molar-refractivity contribution in [2.45, 2.75) is 18.9 Å². The Labute approximate surface area is 119 Å². The third-order valence-corrected chi connectivity index (χ3v) is 4.13. The molecule has 0 bridgehead atoms. The van der Waals surface area contributed by atoms with E-state index < -0.39 is 0 Å². The average molecular weight is 276 g/mol. The Morgan fingerprint density at radius 2 is 2.05 bits per heavy atom. The number of hydrogen-bond acceptors (Lipinski definition) is 4. The van der Waals surface area contributed by atoms with Crippen LogP contribution in [-0.2, 0) is 0 Å². The second-order valence-corrected chi connectivity index (χ2v) is 5.57. The number of rotatable bonds is 3. The van der Waals surface area contributed by atoms with Crippen LogP contribution in [0.5, 0.6) is 0 Å². The molecule has 3 rings (SSSR count). The van der Waals surface area contributed by atoms with Crippen molar-refractivity contribution in [3.8, 4) is 0 Å². The summed E-state index contributed by atoms with van der Waals surface area (Å²) < 4.78 is 13.4. The Balaban J connectivity index is 1.61. The summed E-state index contributed by atoms with van der Waals surface area (Å²) in [6.45, 7) is 4.79. The fourth-order valence-corrected chi connectivity index (χ4v) is 2.85. The van der Waals surface area contributed by atoms with Crippen LogP contribution in [0.15, 0.2) is 23.2 Å². The van der Waals surface area contributed by atoms with Crippen molar-refractivity contribution in [3.05, 3.63) is 24.0 Å². The SMILES string of the molecule is NC1CCN(CCN2CC=Nc3ccc(F)cc32)CC1. The van der Waals surface area contributed by atoms with Crippen molar-refractivity contribution in [2.75, 3.05) is 37.6 Å². The normalized spacial score (nSPS) is 20.2. The van der Waals surface area contributed by atoms with Crippen molar-refractivity contribution in [3.63, 3.8) is 0 Å². The summed E-state index contributed by atoms with van der Waals surface area (Å²) in [5.74, 6) is -0.199. The number of benzene rings is 1. The number of hydrogen-bond donors (Lipinski definition) is 1. The molecule has 2 heterocycles. The predicted molar refractivity (Wildman–Crippen MR) is 80.4 cm³/mol. The van der Waals surface area contributed by atoms with E-state index in [9.17, 15) is 4.39 Å². The summed E-state index contributed by atoms with van der Waals surface area (Å²) in [5.41, 5.74) is 7.68. The van der Waals surface area contributed by atoms with Crippen LogP contribution < -0.4 is 10.6 Å². The highest BCUT2D eigenvalue weighted by atomic mass is 19.1. The zero-order valence-electron chi connectivity index (χ0n) is 11.6. The maximum Gasteiger partial charge on any atom is 0.125 e. The van der Waals surface area contributed by atoms with E-state index in [1.165, 1.54) is 6.07 Å². The zero-order valence-corrected chi connectivity index (χ0v) is 11.6.